The molecule has 0 aliphatic carbocycles. The average molecular weight is 417 g/mol. The normalized spacial score (nSPS) is 17.0. The van der Waals surface area contributed by atoms with E-state index < -0.39 is 0 Å². The number of fused-ring (bicyclic) bond motifs is 2. The molecule has 0 radical (unpaired) electrons. The van der Waals surface area contributed by atoms with Crippen LogP contribution in [0.1, 0.15) is 12.8 Å². The second kappa shape index (κ2) is 8.94. The maximum absolute atomic E-state index is 12.3. The molecule has 3 heterocycles. The summed E-state index contributed by atoms with van der Waals surface area (Å²) in [7, 11) is 0. The van der Waals surface area contributed by atoms with Crippen LogP contribution in [0.4, 0.5) is 11.5 Å². The van der Waals surface area contributed by atoms with Crippen molar-refractivity contribution in [2.24, 2.45) is 0 Å². The molecule has 0 spiro atoms. The first-order valence-corrected chi connectivity index (χ1v) is 11.1. The largest absolute Gasteiger partial charge is 0.482 e. The lowest BCUT2D eigenvalue weighted by Crippen LogP contribution is -2.47. The lowest BCUT2D eigenvalue weighted by molar-refractivity contribution is -0.121. The van der Waals surface area contributed by atoms with Crippen LogP contribution >= 0.6 is 0 Å². The second-order valence-corrected chi connectivity index (χ2v) is 8.19. The number of piperazine rings is 1. The molecule has 2 aromatic carbocycles. The number of amides is 1. The van der Waals surface area contributed by atoms with Gasteiger partial charge in [-0.3, -0.25) is 9.69 Å². The quantitative estimate of drug-likeness (QED) is 0.575. The van der Waals surface area contributed by atoms with Crippen LogP contribution in [0.25, 0.3) is 10.8 Å². The molecule has 1 saturated heterocycles. The van der Waals surface area contributed by atoms with Gasteiger partial charge in [0.25, 0.3) is 5.91 Å². The molecule has 0 atom stereocenters. The van der Waals surface area contributed by atoms with Crippen molar-refractivity contribution in [3.8, 4) is 5.75 Å². The van der Waals surface area contributed by atoms with Crippen LogP contribution in [0.2, 0.25) is 0 Å². The maximum Gasteiger partial charge on any atom is 0.265 e. The van der Waals surface area contributed by atoms with Gasteiger partial charge in [0.15, 0.2) is 6.61 Å². The lowest BCUT2D eigenvalue weighted by atomic mass is 10.1. The summed E-state index contributed by atoms with van der Waals surface area (Å²) in [4.78, 5) is 23.8. The van der Waals surface area contributed by atoms with Gasteiger partial charge in [-0.1, -0.05) is 36.4 Å². The fourth-order valence-corrected chi connectivity index (χ4v) is 4.54. The number of unbranched alkanes of at least 4 members (excludes halogenated alkanes) is 1. The van der Waals surface area contributed by atoms with Crippen LogP contribution in [0.3, 0.4) is 0 Å². The number of pyridine rings is 1. The minimum atomic E-state index is 0.0508. The molecule has 0 bridgehead atoms. The molecular weight excluding hydrogens is 388 g/mol. The molecule has 6 heteroatoms. The number of para-hydroxylation sites is 2. The number of carbonyl (C=O) groups is 1. The molecule has 0 saturated carbocycles. The Morgan fingerprint density at radius 3 is 2.55 bits per heavy atom. The van der Waals surface area contributed by atoms with Crippen LogP contribution in [0.15, 0.2) is 60.8 Å². The lowest BCUT2D eigenvalue weighted by Gasteiger charge is -2.36. The van der Waals surface area contributed by atoms with E-state index in [1.54, 1.807) is 0 Å². The first-order valence-electron chi connectivity index (χ1n) is 11.1. The van der Waals surface area contributed by atoms with E-state index in [1.165, 1.54) is 10.8 Å². The zero-order valence-electron chi connectivity index (χ0n) is 17.7. The fraction of sp³-hybridized carbons (Fsp3) is 0.360. The van der Waals surface area contributed by atoms with E-state index in [0.29, 0.717) is 0 Å². The van der Waals surface area contributed by atoms with Crippen molar-refractivity contribution >= 4 is 28.2 Å². The highest BCUT2D eigenvalue weighted by Crippen LogP contribution is 2.31. The predicted molar refractivity (Wildman–Crippen MR) is 124 cm³/mol. The van der Waals surface area contributed by atoms with Crippen molar-refractivity contribution in [2.75, 3.05) is 55.7 Å². The maximum atomic E-state index is 12.3. The predicted octanol–water partition coefficient (Wildman–Crippen LogP) is 3.56. The summed E-state index contributed by atoms with van der Waals surface area (Å²) in [5, 5.41) is 2.48. The zero-order valence-corrected chi connectivity index (χ0v) is 17.7. The third kappa shape index (κ3) is 4.21. The highest BCUT2D eigenvalue weighted by atomic mass is 16.5. The number of benzene rings is 2. The molecule has 1 aromatic heterocycles. The van der Waals surface area contributed by atoms with Crippen molar-refractivity contribution < 1.29 is 9.53 Å². The summed E-state index contributed by atoms with van der Waals surface area (Å²) in [6.07, 6.45) is 3.99. The van der Waals surface area contributed by atoms with Crippen LogP contribution < -0.4 is 14.5 Å². The molecular formula is C25H28N4O2. The Balaban J connectivity index is 1.11. The fourth-order valence-electron chi connectivity index (χ4n) is 4.54. The summed E-state index contributed by atoms with van der Waals surface area (Å²) in [6.45, 7) is 6.04. The van der Waals surface area contributed by atoms with E-state index in [4.69, 9.17) is 4.74 Å². The van der Waals surface area contributed by atoms with E-state index in [1.807, 2.05) is 35.4 Å². The van der Waals surface area contributed by atoms with E-state index in [-0.39, 0.29) is 12.5 Å². The molecule has 31 heavy (non-hydrogen) atoms. The summed E-state index contributed by atoms with van der Waals surface area (Å²) in [5.74, 6) is 1.96. The van der Waals surface area contributed by atoms with Gasteiger partial charge in [-0.25, -0.2) is 4.98 Å². The number of hydrogen-bond donors (Lipinski definition) is 0. The van der Waals surface area contributed by atoms with E-state index in [9.17, 15) is 4.79 Å². The smallest absolute Gasteiger partial charge is 0.265 e. The summed E-state index contributed by atoms with van der Waals surface area (Å²) >= 11 is 0. The zero-order chi connectivity index (χ0) is 21.0. The molecule has 2 aliphatic rings. The SMILES string of the molecule is O=C1COc2ccccc2N1CCCCN1CCN(c2nccc3ccccc23)CC1. The van der Waals surface area contributed by atoms with Crippen molar-refractivity contribution in [3.63, 3.8) is 0 Å². The summed E-state index contributed by atoms with van der Waals surface area (Å²) in [5.41, 5.74) is 0.898. The van der Waals surface area contributed by atoms with E-state index in [2.05, 4.69) is 45.1 Å². The minimum Gasteiger partial charge on any atom is -0.482 e. The van der Waals surface area contributed by atoms with Crippen molar-refractivity contribution in [2.45, 2.75) is 12.8 Å². The number of ether oxygens (including phenoxy) is 1. The molecule has 2 aliphatic heterocycles. The van der Waals surface area contributed by atoms with Crippen molar-refractivity contribution in [1.29, 1.82) is 0 Å². The van der Waals surface area contributed by atoms with Gasteiger partial charge in [-0.15, -0.1) is 0 Å². The molecule has 6 nitrogen and oxygen atoms in total. The molecule has 3 aromatic rings. The van der Waals surface area contributed by atoms with Gasteiger partial charge in [0.1, 0.15) is 11.6 Å². The molecule has 1 amide bonds. The van der Waals surface area contributed by atoms with Crippen molar-refractivity contribution in [3.05, 3.63) is 60.8 Å². The minimum absolute atomic E-state index is 0.0508. The first-order chi connectivity index (χ1) is 15.3. The highest BCUT2D eigenvalue weighted by Gasteiger charge is 2.25. The summed E-state index contributed by atoms with van der Waals surface area (Å²) < 4.78 is 5.53. The number of carbonyl (C=O) groups excluding carboxylic acids is 1. The van der Waals surface area contributed by atoms with Crippen LogP contribution in [-0.2, 0) is 4.79 Å². The van der Waals surface area contributed by atoms with Crippen LogP contribution in [-0.4, -0.2) is 61.7 Å². The molecule has 0 N–H and O–H groups in total. The number of nitrogens with zero attached hydrogens (tertiary/aromatic N) is 4. The first kappa shape index (κ1) is 19.8. The Morgan fingerprint density at radius 1 is 0.871 bits per heavy atom. The Bertz CT molecular complexity index is 1060. The standard InChI is InChI=1S/C25H28N4O2/c30-24-19-31-23-10-4-3-9-22(23)29(24)14-6-5-13-27-15-17-28(18-16-27)25-21-8-2-1-7-20(21)11-12-26-25/h1-4,7-12H,5-6,13-19H2. The van der Waals surface area contributed by atoms with Gasteiger partial charge in [0.05, 0.1) is 5.69 Å². The monoisotopic (exact) mass is 416 g/mol. The molecule has 0 unspecified atom stereocenters. The molecule has 1 fully saturated rings. The Hall–Kier alpha value is -3.12. The van der Waals surface area contributed by atoms with Gasteiger partial charge in [0.2, 0.25) is 0 Å². The van der Waals surface area contributed by atoms with Gasteiger partial charge in [0, 0.05) is 44.3 Å². The third-order valence-corrected chi connectivity index (χ3v) is 6.24. The van der Waals surface area contributed by atoms with Crippen LogP contribution in [0.5, 0.6) is 5.75 Å². The number of rotatable bonds is 6. The highest BCUT2D eigenvalue weighted by molar-refractivity contribution is 5.97. The Morgan fingerprint density at radius 2 is 1.65 bits per heavy atom. The van der Waals surface area contributed by atoms with E-state index >= 15 is 0 Å². The average Bonchev–Trinajstić information content (AvgIpc) is 2.83. The topological polar surface area (TPSA) is 48.9 Å². The summed E-state index contributed by atoms with van der Waals surface area (Å²) in [6, 6.07) is 18.3. The number of hydrogen-bond acceptors (Lipinski definition) is 5. The molecule has 5 rings (SSSR count). The Labute approximate surface area is 183 Å². The third-order valence-electron chi connectivity index (χ3n) is 6.24. The number of anilines is 2. The Kier molecular flexibility index (Phi) is 5.71. The van der Waals surface area contributed by atoms with Crippen molar-refractivity contribution in [1.82, 2.24) is 9.88 Å². The van der Waals surface area contributed by atoms with Gasteiger partial charge in [-0.05, 0) is 43.0 Å². The van der Waals surface area contributed by atoms with Gasteiger partial charge in [-0.2, -0.15) is 0 Å². The van der Waals surface area contributed by atoms with Crippen LogP contribution in [0, 0.1) is 0 Å². The number of aromatic nitrogens is 1. The van der Waals surface area contributed by atoms with Gasteiger partial charge < -0.3 is 14.5 Å². The van der Waals surface area contributed by atoms with E-state index in [0.717, 1.165) is 69.4 Å². The molecule has 160 valence electrons. The second-order valence-electron chi connectivity index (χ2n) is 8.19. The van der Waals surface area contributed by atoms with Gasteiger partial charge >= 0.3 is 0 Å².